The normalized spacial score (nSPS) is 11.7. The first kappa shape index (κ1) is 28.9. The Morgan fingerprint density at radius 3 is 2.63 bits per heavy atom. The predicted molar refractivity (Wildman–Crippen MR) is 162 cm³/mol. The standard InChI is InChI=1S/C28H23ClIN5O5S/c1-3-38-28(36)20(40-27-22-21(41-35-27)14-32-24(29)23(22)30)11-17-7-4-5-9-19(17)39-15-16-12-33-25(34-13-16)18-8-6-10-31-26(18)37-2/h4-10,12-14,20H,3,11,15H2,1-2H3/t20-/m1/s1. The highest BCUT2D eigenvalue weighted by Gasteiger charge is 2.27. The number of pyridine rings is 2. The third-order valence-electron chi connectivity index (χ3n) is 5.87. The van der Waals surface area contributed by atoms with Crippen molar-refractivity contribution in [2.45, 2.75) is 26.1 Å². The van der Waals surface area contributed by atoms with Crippen LogP contribution in [0.5, 0.6) is 17.5 Å². The number of fused-ring (bicyclic) bond motifs is 1. The molecule has 0 aliphatic carbocycles. The van der Waals surface area contributed by atoms with Crippen LogP contribution in [0.2, 0.25) is 5.15 Å². The lowest BCUT2D eigenvalue weighted by Gasteiger charge is -2.19. The molecular weight excluding hydrogens is 681 g/mol. The van der Waals surface area contributed by atoms with Gasteiger partial charge in [0.05, 0.1) is 32.9 Å². The van der Waals surface area contributed by atoms with Crippen LogP contribution in [-0.4, -0.2) is 50.1 Å². The maximum atomic E-state index is 13.0. The summed E-state index contributed by atoms with van der Waals surface area (Å²) in [5, 5.41) is 1.05. The first-order valence-electron chi connectivity index (χ1n) is 12.4. The molecule has 5 rings (SSSR count). The summed E-state index contributed by atoms with van der Waals surface area (Å²) in [6.07, 6.45) is 5.89. The number of ether oxygens (including phenoxy) is 4. The molecule has 0 radical (unpaired) electrons. The van der Waals surface area contributed by atoms with Gasteiger partial charge in [-0.2, -0.15) is 4.37 Å². The molecule has 1 atom stereocenters. The van der Waals surface area contributed by atoms with E-state index in [0.29, 0.717) is 43.0 Å². The zero-order chi connectivity index (χ0) is 28.8. The summed E-state index contributed by atoms with van der Waals surface area (Å²) in [6, 6.07) is 11.1. The molecular formula is C28H23ClIN5O5S. The molecule has 0 bridgehead atoms. The van der Waals surface area contributed by atoms with E-state index >= 15 is 0 Å². The number of nitrogens with zero attached hydrogens (tertiary/aromatic N) is 5. The van der Waals surface area contributed by atoms with E-state index in [1.165, 1.54) is 11.5 Å². The van der Waals surface area contributed by atoms with E-state index < -0.39 is 12.1 Å². The number of hydrogen-bond donors (Lipinski definition) is 0. The highest BCUT2D eigenvalue weighted by atomic mass is 127. The lowest BCUT2D eigenvalue weighted by molar-refractivity contribution is -0.151. The molecule has 1 aromatic carbocycles. The fourth-order valence-corrected chi connectivity index (χ4v) is 5.63. The van der Waals surface area contributed by atoms with E-state index in [-0.39, 0.29) is 19.6 Å². The van der Waals surface area contributed by atoms with Crippen molar-refractivity contribution in [3.8, 4) is 28.9 Å². The lowest BCUT2D eigenvalue weighted by Crippen LogP contribution is -2.32. The molecule has 0 fully saturated rings. The zero-order valence-corrected chi connectivity index (χ0v) is 25.6. The van der Waals surface area contributed by atoms with Gasteiger partial charge in [0.2, 0.25) is 17.9 Å². The van der Waals surface area contributed by atoms with Gasteiger partial charge in [-0.3, -0.25) is 0 Å². The number of esters is 1. The van der Waals surface area contributed by atoms with Crippen LogP contribution in [0.3, 0.4) is 0 Å². The van der Waals surface area contributed by atoms with Crippen LogP contribution in [0.15, 0.2) is 61.2 Å². The summed E-state index contributed by atoms with van der Waals surface area (Å²) in [6.45, 7) is 2.17. The Morgan fingerprint density at radius 2 is 1.85 bits per heavy atom. The van der Waals surface area contributed by atoms with Crippen molar-refractivity contribution < 1.29 is 23.7 Å². The third-order valence-corrected chi connectivity index (χ3v) is 8.29. The zero-order valence-electron chi connectivity index (χ0n) is 21.9. The fraction of sp³-hybridized carbons (Fsp3) is 0.214. The average molecular weight is 704 g/mol. The highest BCUT2D eigenvalue weighted by molar-refractivity contribution is 14.1. The molecule has 10 nitrogen and oxygen atoms in total. The van der Waals surface area contributed by atoms with Gasteiger partial charge in [0, 0.05) is 36.8 Å². The van der Waals surface area contributed by atoms with Crippen molar-refractivity contribution >= 4 is 61.8 Å². The van der Waals surface area contributed by atoms with Crippen molar-refractivity contribution in [1.82, 2.24) is 24.3 Å². The molecule has 210 valence electrons. The molecule has 41 heavy (non-hydrogen) atoms. The van der Waals surface area contributed by atoms with E-state index in [2.05, 4.69) is 46.9 Å². The first-order valence-corrected chi connectivity index (χ1v) is 14.6. The largest absolute Gasteiger partial charge is 0.489 e. The van der Waals surface area contributed by atoms with Crippen LogP contribution in [-0.2, 0) is 22.6 Å². The third kappa shape index (κ3) is 6.66. The maximum absolute atomic E-state index is 13.0. The smallest absolute Gasteiger partial charge is 0.347 e. The molecule has 0 amide bonds. The highest BCUT2D eigenvalue weighted by Crippen LogP contribution is 2.36. The summed E-state index contributed by atoms with van der Waals surface area (Å²) in [5.41, 5.74) is 2.22. The Bertz CT molecular complexity index is 1670. The van der Waals surface area contributed by atoms with Crippen molar-refractivity contribution in [2.24, 2.45) is 0 Å². The molecule has 4 heterocycles. The second kappa shape index (κ2) is 13.4. The van der Waals surface area contributed by atoms with Gasteiger partial charge in [0.1, 0.15) is 17.5 Å². The molecule has 0 spiro atoms. The number of rotatable bonds is 11. The van der Waals surface area contributed by atoms with E-state index in [9.17, 15) is 4.79 Å². The summed E-state index contributed by atoms with van der Waals surface area (Å²) >= 11 is 9.55. The average Bonchev–Trinajstić information content (AvgIpc) is 3.41. The number of aromatic nitrogens is 5. The van der Waals surface area contributed by atoms with E-state index in [1.807, 2.05) is 30.3 Å². The van der Waals surface area contributed by atoms with Gasteiger partial charge >= 0.3 is 5.97 Å². The summed E-state index contributed by atoms with van der Waals surface area (Å²) in [4.78, 5) is 30.2. The Labute approximate surface area is 258 Å². The van der Waals surface area contributed by atoms with Crippen LogP contribution in [0.4, 0.5) is 0 Å². The van der Waals surface area contributed by atoms with Crippen LogP contribution in [0, 0.1) is 3.57 Å². The van der Waals surface area contributed by atoms with E-state index in [0.717, 1.165) is 15.8 Å². The summed E-state index contributed by atoms with van der Waals surface area (Å²) < 4.78 is 28.8. The minimum Gasteiger partial charge on any atom is -0.489 e. The first-order chi connectivity index (χ1) is 20.0. The van der Waals surface area contributed by atoms with Crippen molar-refractivity contribution in [1.29, 1.82) is 0 Å². The molecule has 13 heteroatoms. The van der Waals surface area contributed by atoms with Gasteiger partial charge in [-0.1, -0.05) is 29.8 Å². The van der Waals surface area contributed by atoms with Crippen molar-refractivity contribution in [2.75, 3.05) is 13.7 Å². The van der Waals surface area contributed by atoms with Gasteiger partial charge in [-0.05, 0) is 64.8 Å². The predicted octanol–water partition coefficient (Wildman–Crippen LogP) is 5.94. The number of para-hydroxylation sites is 1. The minimum absolute atomic E-state index is 0.194. The minimum atomic E-state index is -0.968. The van der Waals surface area contributed by atoms with Gasteiger partial charge in [-0.25, -0.2) is 24.7 Å². The maximum Gasteiger partial charge on any atom is 0.347 e. The number of benzene rings is 1. The fourth-order valence-electron chi connectivity index (χ4n) is 3.94. The van der Waals surface area contributed by atoms with E-state index in [4.69, 9.17) is 30.5 Å². The lowest BCUT2D eigenvalue weighted by atomic mass is 10.1. The van der Waals surface area contributed by atoms with Gasteiger partial charge in [-0.15, -0.1) is 0 Å². The quantitative estimate of drug-likeness (QED) is 0.0929. The number of carbonyl (C=O) groups excluding carboxylic acids is 1. The number of hydrogen-bond acceptors (Lipinski definition) is 11. The molecule has 0 unspecified atom stereocenters. The number of methoxy groups -OCH3 is 1. The van der Waals surface area contributed by atoms with Crippen LogP contribution in [0.25, 0.3) is 21.5 Å². The molecule has 0 aliphatic heterocycles. The van der Waals surface area contributed by atoms with Crippen molar-refractivity contribution in [3.63, 3.8) is 0 Å². The molecule has 0 saturated heterocycles. The topological polar surface area (TPSA) is 118 Å². The Balaban J connectivity index is 1.33. The van der Waals surface area contributed by atoms with Crippen LogP contribution in [0.1, 0.15) is 18.1 Å². The molecule has 0 aliphatic rings. The Morgan fingerprint density at radius 1 is 1.05 bits per heavy atom. The SMILES string of the molecule is CCOC(=O)[C@@H](Cc1ccccc1OCc1cnc(-c2cccnc2OC)nc1)Oc1nsc2cnc(Cl)c(I)c12. The second-order valence-electron chi connectivity index (χ2n) is 8.52. The van der Waals surface area contributed by atoms with Gasteiger partial charge < -0.3 is 18.9 Å². The number of halogens is 2. The molecule has 0 saturated carbocycles. The van der Waals surface area contributed by atoms with Crippen LogP contribution < -0.4 is 14.2 Å². The molecule has 0 N–H and O–H groups in total. The summed E-state index contributed by atoms with van der Waals surface area (Å²) in [7, 11) is 1.55. The number of carbonyl (C=O) groups is 1. The van der Waals surface area contributed by atoms with Gasteiger partial charge in [0.15, 0.2) is 5.82 Å². The van der Waals surface area contributed by atoms with Crippen LogP contribution >= 0.6 is 45.7 Å². The summed E-state index contributed by atoms with van der Waals surface area (Å²) in [5.74, 6) is 1.33. The molecule has 4 aromatic heterocycles. The van der Waals surface area contributed by atoms with E-state index in [1.54, 1.807) is 44.9 Å². The van der Waals surface area contributed by atoms with Gasteiger partial charge in [0.25, 0.3) is 0 Å². The molecule has 5 aromatic rings. The van der Waals surface area contributed by atoms with Crippen molar-refractivity contribution in [3.05, 3.63) is 81.0 Å². The Hall–Kier alpha value is -3.62. The monoisotopic (exact) mass is 703 g/mol. The Kier molecular flexibility index (Phi) is 9.42. The second-order valence-corrected chi connectivity index (χ2v) is 10.8.